The van der Waals surface area contributed by atoms with Gasteiger partial charge in [-0.15, -0.1) is 0 Å². The second kappa shape index (κ2) is 9.37. The van der Waals surface area contributed by atoms with Gasteiger partial charge in [0.1, 0.15) is 5.75 Å². The first kappa shape index (κ1) is 23.0. The van der Waals surface area contributed by atoms with E-state index in [9.17, 15) is 14.7 Å². The molecule has 3 aromatic rings. The van der Waals surface area contributed by atoms with Crippen LogP contribution < -0.4 is 14.9 Å². The van der Waals surface area contributed by atoms with Crippen LogP contribution in [0.2, 0.25) is 5.02 Å². The molecule has 0 bridgehead atoms. The van der Waals surface area contributed by atoms with Crippen molar-refractivity contribution in [3.63, 3.8) is 0 Å². The number of fused-ring (bicyclic) bond motifs is 1. The first-order valence-corrected chi connectivity index (χ1v) is 11.9. The molecule has 0 radical (unpaired) electrons. The summed E-state index contributed by atoms with van der Waals surface area (Å²) in [6.07, 6.45) is 1.73. The number of hydrogen-bond donors (Lipinski definition) is 1. The number of aromatic nitrogens is 1. The fourth-order valence-electron chi connectivity index (χ4n) is 4.00. The SMILES string of the molecule is CCN(CC)C(=O)C1=C(C)N=c2s/c(=C/c3cccc(O)c3)c(=O)n2[C@H]1c1ccc(Cl)cc1. The number of rotatable bonds is 5. The summed E-state index contributed by atoms with van der Waals surface area (Å²) in [7, 11) is 0. The van der Waals surface area contributed by atoms with Crippen molar-refractivity contribution in [2.24, 2.45) is 4.99 Å². The molecule has 2 aromatic carbocycles. The number of phenolic OH excluding ortho intramolecular Hbond substituents is 1. The molecule has 1 aliphatic rings. The van der Waals surface area contributed by atoms with Crippen molar-refractivity contribution < 1.29 is 9.90 Å². The number of likely N-dealkylation sites (N-methyl/N-ethyl adjacent to an activating group) is 1. The van der Waals surface area contributed by atoms with Crippen molar-refractivity contribution in [2.45, 2.75) is 26.8 Å². The molecule has 4 rings (SSSR count). The molecule has 170 valence electrons. The van der Waals surface area contributed by atoms with E-state index in [1.165, 1.54) is 11.3 Å². The van der Waals surface area contributed by atoms with Gasteiger partial charge in [0.15, 0.2) is 4.80 Å². The first-order chi connectivity index (χ1) is 15.8. The summed E-state index contributed by atoms with van der Waals surface area (Å²) in [5.74, 6) is -0.0121. The molecule has 1 atom stereocenters. The predicted molar refractivity (Wildman–Crippen MR) is 131 cm³/mol. The van der Waals surface area contributed by atoms with Gasteiger partial charge in [-0.3, -0.25) is 14.2 Å². The average molecular weight is 482 g/mol. The monoisotopic (exact) mass is 481 g/mol. The van der Waals surface area contributed by atoms with Gasteiger partial charge in [0.2, 0.25) is 0 Å². The van der Waals surface area contributed by atoms with Crippen LogP contribution in [-0.2, 0) is 4.79 Å². The fourth-order valence-corrected chi connectivity index (χ4v) is 5.18. The number of phenols is 1. The lowest BCUT2D eigenvalue weighted by atomic mass is 9.94. The number of amides is 1. The Morgan fingerprint density at radius 3 is 2.55 bits per heavy atom. The lowest BCUT2D eigenvalue weighted by molar-refractivity contribution is -0.127. The first-order valence-electron chi connectivity index (χ1n) is 10.7. The van der Waals surface area contributed by atoms with E-state index in [1.807, 2.05) is 39.0 Å². The van der Waals surface area contributed by atoms with Crippen LogP contribution in [0.4, 0.5) is 0 Å². The predicted octanol–water partition coefficient (Wildman–Crippen LogP) is 3.46. The minimum atomic E-state index is -0.613. The Balaban J connectivity index is 1.96. The molecule has 1 N–H and O–H groups in total. The average Bonchev–Trinajstić information content (AvgIpc) is 3.08. The molecule has 0 spiro atoms. The molecule has 8 heteroatoms. The van der Waals surface area contributed by atoms with E-state index < -0.39 is 6.04 Å². The molecule has 0 aliphatic carbocycles. The second-order valence-electron chi connectivity index (χ2n) is 7.71. The number of aromatic hydroxyl groups is 1. The zero-order valence-electron chi connectivity index (χ0n) is 18.6. The Morgan fingerprint density at radius 2 is 1.91 bits per heavy atom. The van der Waals surface area contributed by atoms with Gasteiger partial charge in [0.25, 0.3) is 11.5 Å². The number of allylic oxidation sites excluding steroid dienone is 1. The van der Waals surface area contributed by atoms with Gasteiger partial charge in [0, 0.05) is 18.1 Å². The Hall–Kier alpha value is -3.16. The van der Waals surface area contributed by atoms with E-state index >= 15 is 0 Å². The summed E-state index contributed by atoms with van der Waals surface area (Å²) < 4.78 is 2.06. The van der Waals surface area contributed by atoms with E-state index in [0.717, 1.165) is 5.56 Å². The molecule has 2 heterocycles. The molecule has 1 aromatic heterocycles. The van der Waals surface area contributed by atoms with Gasteiger partial charge in [-0.1, -0.05) is 47.2 Å². The number of carbonyl (C=O) groups excluding carboxylic acids is 1. The highest BCUT2D eigenvalue weighted by molar-refractivity contribution is 7.07. The minimum Gasteiger partial charge on any atom is -0.508 e. The van der Waals surface area contributed by atoms with Crippen molar-refractivity contribution in [2.75, 3.05) is 13.1 Å². The largest absolute Gasteiger partial charge is 0.508 e. The smallest absolute Gasteiger partial charge is 0.271 e. The van der Waals surface area contributed by atoms with Crippen LogP contribution in [-0.4, -0.2) is 33.6 Å². The quantitative estimate of drug-likeness (QED) is 0.606. The van der Waals surface area contributed by atoms with E-state index in [0.29, 0.717) is 44.3 Å². The van der Waals surface area contributed by atoms with E-state index in [-0.39, 0.29) is 17.2 Å². The summed E-state index contributed by atoms with van der Waals surface area (Å²) in [6.45, 7) is 6.78. The highest BCUT2D eigenvalue weighted by Crippen LogP contribution is 2.31. The third-order valence-electron chi connectivity index (χ3n) is 5.66. The number of carbonyl (C=O) groups is 1. The van der Waals surface area contributed by atoms with Gasteiger partial charge in [-0.25, -0.2) is 4.99 Å². The topological polar surface area (TPSA) is 74.9 Å². The summed E-state index contributed by atoms with van der Waals surface area (Å²) >= 11 is 7.38. The Kier molecular flexibility index (Phi) is 6.54. The van der Waals surface area contributed by atoms with Crippen LogP contribution >= 0.6 is 22.9 Å². The highest BCUT2D eigenvalue weighted by Gasteiger charge is 2.34. The molecule has 0 unspecified atom stereocenters. The number of benzene rings is 2. The van der Waals surface area contributed by atoms with Crippen molar-refractivity contribution in [3.05, 3.63) is 95.6 Å². The van der Waals surface area contributed by atoms with Gasteiger partial charge in [-0.05, 0) is 62.2 Å². The van der Waals surface area contributed by atoms with Crippen molar-refractivity contribution in [3.8, 4) is 5.75 Å². The second-order valence-corrected chi connectivity index (χ2v) is 9.15. The molecular weight excluding hydrogens is 458 g/mol. The summed E-state index contributed by atoms with van der Waals surface area (Å²) in [6, 6.07) is 13.3. The van der Waals surface area contributed by atoms with E-state index in [2.05, 4.69) is 4.99 Å². The van der Waals surface area contributed by atoms with Gasteiger partial charge in [0.05, 0.1) is 21.8 Å². The standard InChI is InChI=1S/C25H24ClN3O3S/c1-4-28(5-2)24(32)21-15(3)27-25-29(22(21)17-9-11-18(26)12-10-17)23(31)20(33-25)14-16-7-6-8-19(30)13-16/h6-14,22,30H,4-5H2,1-3H3/b20-14+/t22-/m0/s1. The normalized spacial score (nSPS) is 15.9. The van der Waals surface area contributed by atoms with Gasteiger partial charge < -0.3 is 10.0 Å². The molecular formula is C25H24ClN3O3S. The van der Waals surface area contributed by atoms with Crippen molar-refractivity contribution >= 4 is 34.9 Å². The van der Waals surface area contributed by atoms with Crippen LogP contribution in [0, 0.1) is 0 Å². The number of thiazole rings is 1. The van der Waals surface area contributed by atoms with Crippen LogP contribution in [0.15, 0.2) is 69.6 Å². The Morgan fingerprint density at radius 1 is 1.21 bits per heavy atom. The number of hydrogen-bond acceptors (Lipinski definition) is 5. The van der Waals surface area contributed by atoms with Crippen molar-refractivity contribution in [1.82, 2.24) is 9.47 Å². The molecule has 33 heavy (non-hydrogen) atoms. The highest BCUT2D eigenvalue weighted by atomic mass is 35.5. The van der Waals surface area contributed by atoms with E-state index in [1.54, 1.807) is 45.9 Å². The molecule has 1 aliphatic heterocycles. The number of nitrogens with zero attached hydrogens (tertiary/aromatic N) is 3. The van der Waals surface area contributed by atoms with Crippen LogP contribution in [0.5, 0.6) is 5.75 Å². The third kappa shape index (κ3) is 4.38. The number of halogens is 1. The maximum atomic E-state index is 13.6. The molecule has 0 fully saturated rings. The molecule has 0 saturated heterocycles. The summed E-state index contributed by atoms with van der Waals surface area (Å²) in [4.78, 5) is 34.0. The Labute approximate surface area is 200 Å². The van der Waals surface area contributed by atoms with Gasteiger partial charge >= 0.3 is 0 Å². The zero-order chi connectivity index (χ0) is 23.7. The summed E-state index contributed by atoms with van der Waals surface area (Å²) in [5.41, 5.74) is 2.33. The molecule has 6 nitrogen and oxygen atoms in total. The molecule has 1 amide bonds. The van der Waals surface area contributed by atoms with Crippen LogP contribution in [0.1, 0.15) is 37.9 Å². The lowest BCUT2D eigenvalue weighted by Crippen LogP contribution is -2.43. The minimum absolute atomic E-state index is 0.124. The fraction of sp³-hybridized carbons (Fsp3) is 0.240. The van der Waals surface area contributed by atoms with E-state index in [4.69, 9.17) is 11.6 Å². The summed E-state index contributed by atoms with van der Waals surface area (Å²) in [5, 5.41) is 10.4. The lowest BCUT2D eigenvalue weighted by Gasteiger charge is -2.29. The maximum absolute atomic E-state index is 13.6. The third-order valence-corrected chi connectivity index (χ3v) is 6.89. The zero-order valence-corrected chi connectivity index (χ0v) is 20.2. The Bertz CT molecular complexity index is 1420. The molecule has 0 saturated carbocycles. The van der Waals surface area contributed by atoms with Crippen LogP contribution in [0.3, 0.4) is 0 Å². The van der Waals surface area contributed by atoms with Crippen LogP contribution in [0.25, 0.3) is 6.08 Å². The van der Waals surface area contributed by atoms with Gasteiger partial charge in [-0.2, -0.15) is 0 Å². The maximum Gasteiger partial charge on any atom is 0.271 e. The van der Waals surface area contributed by atoms with Crippen molar-refractivity contribution in [1.29, 1.82) is 0 Å².